The highest BCUT2D eigenvalue weighted by molar-refractivity contribution is 5.82. The van der Waals surface area contributed by atoms with Gasteiger partial charge in [-0.2, -0.15) is 0 Å². The summed E-state index contributed by atoms with van der Waals surface area (Å²) in [4.78, 5) is 27.2. The first kappa shape index (κ1) is 31.3. The van der Waals surface area contributed by atoms with Crippen molar-refractivity contribution in [3.8, 4) is 11.5 Å². The van der Waals surface area contributed by atoms with E-state index in [1.807, 2.05) is 37.3 Å². The summed E-state index contributed by atoms with van der Waals surface area (Å²) in [7, 11) is 1.32. The minimum atomic E-state index is -0.891. The molecule has 0 unspecified atom stereocenters. The first-order chi connectivity index (χ1) is 21.0. The third-order valence-electron chi connectivity index (χ3n) is 8.12. The van der Waals surface area contributed by atoms with Gasteiger partial charge < -0.3 is 18.9 Å². The molecule has 3 atom stereocenters. The third-order valence-corrected chi connectivity index (χ3v) is 8.12. The summed E-state index contributed by atoms with van der Waals surface area (Å²) in [6.45, 7) is 8.07. The maximum absolute atomic E-state index is 13.8. The van der Waals surface area contributed by atoms with Gasteiger partial charge in [-0.15, -0.1) is 0 Å². The van der Waals surface area contributed by atoms with E-state index in [2.05, 4.69) is 6.07 Å². The normalized spacial score (nSPS) is 18.7. The van der Waals surface area contributed by atoms with Crippen LogP contribution in [0.25, 0.3) is 0 Å². The molecule has 0 radical (unpaired) electrons. The van der Waals surface area contributed by atoms with E-state index >= 15 is 0 Å². The van der Waals surface area contributed by atoms with Crippen LogP contribution < -0.4 is 9.47 Å². The van der Waals surface area contributed by atoms with Gasteiger partial charge >= 0.3 is 12.1 Å². The zero-order valence-corrected chi connectivity index (χ0v) is 25.8. The van der Waals surface area contributed by atoms with Crippen molar-refractivity contribution in [2.45, 2.75) is 83.6 Å². The second kappa shape index (κ2) is 12.8. The SMILES string of the molecule is CC[C@@H](Oc1ccc([C@@H]2CCOc3cc4c(cc3C2)CN(C(=O)OC(C)(C)C)[C@H](C(=O)OC)C4)cc1)c1ccc(F)c(F)c1. The Kier molecular flexibility index (Phi) is 9.13. The van der Waals surface area contributed by atoms with Crippen LogP contribution in [0.2, 0.25) is 0 Å². The molecule has 0 N–H and O–H groups in total. The molecule has 0 saturated heterocycles. The zero-order valence-electron chi connectivity index (χ0n) is 25.8. The Morgan fingerprint density at radius 1 is 0.977 bits per heavy atom. The lowest BCUT2D eigenvalue weighted by molar-refractivity contribution is -0.147. The smallest absolute Gasteiger partial charge is 0.411 e. The van der Waals surface area contributed by atoms with Crippen LogP contribution in [0.5, 0.6) is 11.5 Å². The van der Waals surface area contributed by atoms with Gasteiger partial charge in [-0.25, -0.2) is 18.4 Å². The number of methoxy groups -OCH3 is 1. The lowest BCUT2D eigenvalue weighted by atomic mass is 9.87. The van der Waals surface area contributed by atoms with Crippen LogP contribution in [-0.4, -0.2) is 42.3 Å². The fourth-order valence-corrected chi connectivity index (χ4v) is 5.87. The summed E-state index contributed by atoms with van der Waals surface area (Å²) in [6.07, 6.45) is 1.49. The van der Waals surface area contributed by atoms with Crippen LogP contribution in [-0.2, 0) is 33.7 Å². The van der Waals surface area contributed by atoms with E-state index in [1.165, 1.54) is 18.1 Å². The Labute approximate surface area is 257 Å². The predicted molar refractivity (Wildman–Crippen MR) is 161 cm³/mol. The van der Waals surface area contributed by atoms with Gasteiger partial charge in [0.1, 0.15) is 29.2 Å². The number of ether oxygens (including phenoxy) is 4. The van der Waals surface area contributed by atoms with E-state index in [4.69, 9.17) is 18.9 Å². The topological polar surface area (TPSA) is 74.3 Å². The molecular weight excluding hydrogens is 568 g/mol. The van der Waals surface area contributed by atoms with Gasteiger partial charge in [0, 0.05) is 6.42 Å². The lowest BCUT2D eigenvalue weighted by Gasteiger charge is -2.36. The molecule has 0 aliphatic carbocycles. The standard InChI is InChI=1S/C35H39F2NO6/c1-6-31(23-9-12-28(36)29(37)17-23)43-27-10-7-21(8-11-27)22-13-14-42-32-19-24-18-30(33(39)41-5)38(34(40)44-35(2,3)4)20-26(24)16-25(32)15-22/h7-12,16-17,19,22,30-31H,6,13-15,18,20H2,1-5H3/t22-,30+,31-/m1/s1. The quantitative estimate of drug-likeness (QED) is 0.271. The average molecular weight is 608 g/mol. The van der Waals surface area contributed by atoms with Crippen molar-refractivity contribution < 1.29 is 37.3 Å². The summed E-state index contributed by atoms with van der Waals surface area (Å²) in [5.74, 6) is -0.638. The van der Waals surface area contributed by atoms with Gasteiger partial charge in [0.25, 0.3) is 0 Å². The van der Waals surface area contributed by atoms with Gasteiger partial charge in [-0.1, -0.05) is 31.2 Å². The van der Waals surface area contributed by atoms with Crippen LogP contribution in [0.4, 0.5) is 13.6 Å². The monoisotopic (exact) mass is 607 g/mol. The molecule has 0 spiro atoms. The Hall–Kier alpha value is -4.14. The number of amides is 1. The highest BCUT2D eigenvalue weighted by Crippen LogP contribution is 2.38. The molecule has 2 aliphatic heterocycles. The van der Waals surface area contributed by atoms with E-state index in [1.54, 1.807) is 26.8 Å². The summed E-state index contributed by atoms with van der Waals surface area (Å²) in [5.41, 5.74) is 3.95. The summed E-state index contributed by atoms with van der Waals surface area (Å²) >= 11 is 0. The Balaban J connectivity index is 1.34. The molecule has 9 heteroatoms. The molecule has 7 nitrogen and oxygen atoms in total. The van der Waals surface area contributed by atoms with Crippen LogP contribution in [0.15, 0.2) is 54.6 Å². The van der Waals surface area contributed by atoms with Gasteiger partial charge in [0.05, 0.1) is 20.3 Å². The first-order valence-corrected chi connectivity index (χ1v) is 15.0. The number of carbonyl (C=O) groups excluding carboxylic acids is 2. The molecule has 3 aromatic carbocycles. The van der Waals surface area contributed by atoms with Crippen LogP contribution in [0.1, 0.15) is 80.4 Å². The van der Waals surface area contributed by atoms with Crippen molar-refractivity contribution in [1.82, 2.24) is 4.90 Å². The van der Waals surface area contributed by atoms with Gasteiger partial charge in [-0.3, -0.25) is 4.90 Å². The third kappa shape index (κ3) is 6.98. The number of hydrogen-bond acceptors (Lipinski definition) is 6. The fourth-order valence-electron chi connectivity index (χ4n) is 5.87. The van der Waals surface area contributed by atoms with Gasteiger partial charge in [-0.05, 0) is 104 Å². The molecule has 3 aromatic rings. The largest absolute Gasteiger partial charge is 0.493 e. The van der Waals surface area contributed by atoms with Crippen LogP contribution >= 0.6 is 0 Å². The van der Waals surface area contributed by atoms with Crippen LogP contribution in [0.3, 0.4) is 0 Å². The maximum atomic E-state index is 13.8. The number of nitrogens with zero attached hydrogens (tertiary/aromatic N) is 1. The Morgan fingerprint density at radius 3 is 2.39 bits per heavy atom. The fraction of sp³-hybridized carbons (Fsp3) is 0.429. The van der Waals surface area contributed by atoms with E-state index < -0.39 is 41.4 Å². The zero-order chi connectivity index (χ0) is 31.6. The van der Waals surface area contributed by atoms with E-state index in [0.717, 1.165) is 46.9 Å². The maximum Gasteiger partial charge on any atom is 0.411 e. The molecule has 44 heavy (non-hydrogen) atoms. The van der Waals surface area contributed by atoms with Crippen molar-refractivity contribution >= 4 is 12.1 Å². The van der Waals surface area contributed by atoms with Crippen molar-refractivity contribution in [3.05, 3.63) is 94.0 Å². The molecule has 1 amide bonds. The summed E-state index contributed by atoms with van der Waals surface area (Å²) in [6, 6.07) is 15.0. The molecule has 2 aliphatic rings. The lowest BCUT2D eigenvalue weighted by Crippen LogP contribution is -2.50. The number of rotatable bonds is 6. The number of benzene rings is 3. The highest BCUT2D eigenvalue weighted by Gasteiger charge is 2.38. The number of halogens is 2. The second-order valence-corrected chi connectivity index (χ2v) is 12.4. The number of fused-ring (bicyclic) bond motifs is 2. The minimum absolute atomic E-state index is 0.185. The molecule has 0 bridgehead atoms. The van der Waals surface area contributed by atoms with Crippen LogP contribution in [0, 0.1) is 11.6 Å². The minimum Gasteiger partial charge on any atom is -0.493 e. The number of carbonyl (C=O) groups is 2. The number of esters is 1. The summed E-state index contributed by atoms with van der Waals surface area (Å²) < 4.78 is 50.2. The van der Waals surface area contributed by atoms with Crippen molar-refractivity contribution in [2.75, 3.05) is 13.7 Å². The second-order valence-electron chi connectivity index (χ2n) is 12.4. The van der Waals surface area contributed by atoms with E-state index in [-0.39, 0.29) is 12.5 Å². The van der Waals surface area contributed by atoms with Crippen molar-refractivity contribution in [2.24, 2.45) is 0 Å². The van der Waals surface area contributed by atoms with Gasteiger partial charge in [0.2, 0.25) is 0 Å². The molecule has 5 rings (SSSR count). The molecule has 0 fully saturated rings. The Morgan fingerprint density at radius 2 is 1.73 bits per heavy atom. The first-order valence-electron chi connectivity index (χ1n) is 15.0. The molecule has 234 valence electrons. The van der Waals surface area contributed by atoms with Gasteiger partial charge in [0.15, 0.2) is 11.6 Å². The predicted octanol–water partition coefficient (Wildman–Crippen LogP) is 7.44. The molecule has 2 heterocycles. The molecule has 0 saturated carbocycles. The van der Waals surface area contributed by atoms with Crippen molar-refractivity contribution in [3.63, 3.8) is 0 Å². The molecule has 0 aromatic heterocycles. The van der Waals surface area contributed by atoms with E-state index in [9.17, 15) is 18.4 Å². The Bertz CT molecular complexity index is 1520. The van der Waals surface area contributed by atoms with Crippen molar-refractivity contribution in [1.29, 1.82) is 0 Å². The molecular formula is C35H39F2NO6. The summed E-state index contributed by atoms with van der Waals surface area (Å²) in [5, 5.41) is 0. The highest BCUT2D eigenvalue weighted by atomic mass is 19.2. The number of hydrogen-bond donors (Lipinski definition) is 0. The average Bonchev–Trinajstić information content (AvgIpc) is 3.20. The van der Waals surface area contributed by atoms with E-state index in [0.29, 0.717) is 30.8 Å².